The predicted octanol–water partition coefficient (Wildman–Crippen LogP) is 3.76. The Hall–Kier alpha value is -3.68. The number of aromatic amines is 1. The number of hydrogen-bond acceptors (Lipinski definition) is 5. The summed E-state index contributed by atoms with van der Waals surface area (Å²) < 4.78 is 6.45. The van der Waals surface area contributed by atoms with Crippen LogP contribution in [0, 0.1) is 30.9 Å². The Balaban J connectivity index is 2.02. The van der Waals surface area contributed by atoms with Crippen LogP contribution in [-0.4, -0.2) is 28.0 Å². The van der Waals surface area contributed by atoms with Gasteiger partial charge < -0.3 is 4.74 Å². The molecule has 1 aromatic heterocycles. The Bertz CT molecular complexity index is 1140. The molecule has 0 amide bonds. The van der Waals surface area contributed by atoms with E-state index in [1.807, 2.05) is 32.0 Å². The molecule has 2 aromatic carbocycles. The highest BCUT2D eigenvalue weighted by molar-refractivity contribution is 5.84. The maximum Gasteiger partial charge on any atom is 0.298 e. The minimum Gasteiger partial charge on any atom is -0.496 e. The third-order valence-electron chi connectivity index (χ3n) is 4.58. The summed E-state index contributed by atoms with van der Waals surface area (Å²) in [7, 11) is 1.43. The van der Waals surface area contributed by atoms with Gasteiger partial charge in [0.2, 0.25) is 0 Å². The van der Waals surface area contributed by atoms with Crippen molar-refractivity contribution < 1.29 is 9.66 Å². The molecule has 0 aliphatic heterocycles. The fraction of sp³-hybridized carbons (Fsp3) is 0.200. The van der Waals surface area contributed by atoms with Crippen LogP contribution in [-0.2, 0) is 0 Å². The van der Waals surface area contributed by atoms with Crippen molar-refractivity contribution >= 4 is 17.6 Å². The zero-order valence-electron chi connectivity index (χ0n) is 16.0. The van der Waals surface area contributed by atoms with Gasteiger partial charge in [-0.2, -0.15) is 0 Å². The van der Waals surface area contributed by atoms with E-state index in [1.165, 1.54) is 30.1 Å². The van der Waals surface area contributed by atoms with E-state index in [-0.39, 0.29) is 16.9 Å². The standard InChI is InChI=1S/C20H20N4O4/c1-12-5-6-15(9-13(12)2)23-20(25)17(14(3)22-23)11-21-18-8-7-16(28-4)10-19(18)24(26)27/h5-11,22H,1-4H3. The van der Waals surface area contributed by atoms with Gasteiger partial charge in [0.15, 0.2) is 0 Å². The van der Waals surface area contributed by atoms with Crippen LogP contribution in [0.15, 0.2) is 46.2 Å². The molecule has 0 radical (unpaired) electrons. The van der Waals surface area contributed by atoms with Gasteiger partial charge in [-0.15, -0.1) is 0 Å². The molecule has 0 aliphatic rings. The van der Waals surface area contributed by atoms with E-state index < -0.39 is 4.92 Å². The lowest BCUT2D eigenvalue weighted by molar-refractivity contribution is -0.384. The minimum absolute atomic E-state index is 0.142. The van der Waals surface area contributed by atoms with Crippen LogP contribution in [0.25, 0.3) is 5.69 Å². The van der Waals surface area contributed by atoms with Crippen molar-refractivity contribution in [3.05, 3.63) is 79.3 Å². The van der Waals surface area contributed by atoms with E-state index in [9.17, 15) is 14.9 Å². The summed E-state index contributed by atoms with van der Waals surface area (Å²) in [6, 6.07) is 10.1. The quantitative estimate of drug-likeness (QED) is 0.413. The zero-order valence-corrected chi connectivity index (χ0v) is 16.0. The van der Waals surface area contributed by atoms with Gasteiger partial charge in [0, 0.05) is 11.9 Å². The highest BCUT2D eigenvalue weighted by Crippen LogP contribution is 2.31. The molecular formula is C20H20N4O4. The topological polar surface area (TPSA) is 103 Å². The van der Waals surface area contributed by atoms with Gasteiger partial charge in [-0.25, -0.2) is 9.67 Å². The third kappa shape index (κ3) is 3.57. The maximum atomic E-state index is 12.8. The first kappa shape index (κ1) is 19.1. The zero-order chi connectivity index (χ0) is 20.4. The van der Waals surface area contributed by atoms with Crippen molar-refractivity contribution in [2.75, 3.05) is 7.11 Å². The number of ether oxygens (including phenoxy) is 1. The number of nitro groups is 1. The fourth-order valence-electron chi connectivity index (χ4n) is 2.78. The molecule has 0 unspecified atom stereocenters. The number of nitro benzene ring substituents is 1. The summed E-state index contributed by atoms with van der Waals surface area (Å²) in [6.45, 7) is 5.73. The molecule has 3 rings (SSSR count). The number of hydrogen-bond donors (Lipinski definition) is 1. The van der Waals surface area contributed by atoms with Crippen LogP contribution < -0.4 is 10.3 Å². The van der Waals surface area contributed by atoms with Gasteiger partial charge in [-0.1, -0.05) is 6.07 Å². The molecule has 0 fully saturated rings. The number of methoxy groups -OCH3 is 1. The molecule has 0 aliphatic carbocycles. The lowest BCUT2D eigenvalue weighted by Crippen LogP contribution is -2.17. The Morgan fingerprint density at radius 1 is 1.14 bits per heavy atom. The molecular weight excluding hydrogens is 360 g/mol. The molecule has 144 valence electrons. The summed E-state index contributed by atoms with van der Waals surface area (Å²) in [4.78, 5) is 27.7. The van der Waals surface area contributed by atoms with E-state index in [4.69, 9.17) is 4.74 Å². The molecule has 0 atom stereocenters. The van der Waals surface area contributed by atoms with Crippen LogP contribution in [0.2, 0.25) is 0 Å². The number of nitrogens with one attached hydrogen (secondary N) is 1. The number of aryl methyl sites for hydroxylation is 3. The SMILES string of the molecule is COc1ccc(N=Cc2c(C)[nH]n(-c3ccc(C)c(C)c3)c2=O)c([N+](=O)[O-])c1. The second-order valence-electron chi connectivity index (χ2n) is 6.43. The van der Waals surface area contributed by atoms with Crippen LogP contribution >= 0.6 is 0 Å². The maximum absolute atomic E-state index is 12.8. The lowest BCUT2D eigenvalue weighted by Gasteiger charge is -2.05. The first-order valence-electron chi connectivity index (χ1n) is 8.57. The van der Waals surface area contributed by atoms with Gasteiger partial charge in [0.1, 0.15) is 11.4 Å². The lowest BCUT2D eigenvalue weighted by atomic mass is 10.1. The van der Waals surface area contributed by atoms with E-state index in [0.717, 1.165) is 11.1 Å². The van der Waals surface area contributed by atoms with Gasteiger partial charge in [0.05, 0.1) is 29.4 Å². The third-order valence-corrected chi connectivity index (χ3v) is 4.58. The second kappa shape index (κ2) is 7.51. The van der Waals surface area contributed by atoms with E-state index in [1.54, 1.807) is 13.0 Å². The molecule has 28 heavy (non-hydrogen) atoms. The van der Waals surface area contributed by atoms with Crippen LogP contribution in [0.5, 0.6) is 5.75 Å². The minimum atomic E-state index is -0.535. The molecule has 0 saturated carbocycles. The molecule has 0 saturated heterocycles. The number of aromatic nitrogens is 2. The van der Waals surface area contributed by atoms with Crippen LogP contribution in [0.4, 0.5) is 11.4 Å². The molecule has 0 spiro atoms. The number of benzene rings is 2. The van der Waals surface area contributed by atoms with Gasteiger partial charge >= 0.3 is 0 Å². The molecule has 0 bridgehead atoms. The van der Waals surface area contributed by atoms with Crippen molar-refractivity contribution in [2.45, 2.75) is 20.8 Å². The number of nitrogens with zero attached hydrogens (tertiary/aromatic N) is 3. The fourth-order valence-corrected chi connectivity index (χ4v) is 2.78. The normalized spacial score (nSPS) is 11.1. The summed E-state index contributed by atoms with van der Waals surface area (Å²) in [5.74, 6) is 0.362. The van der Waals surface area contributed by atoms with Gasteiger partial charge in [0.25, 0.3) is 11.2 Å². The second-order valence-corrected chi connectivity index (χ2v) is 6.43. The van der Waals surface area contributed by atoms with E-state index >= 15 is 0 Å². The largest absolute Gasteiger partial charge is 0.496 e. The van der Waals surface area contributed by atoms with Gasteiger partial charge in [-0.3, -0.25) is 20.0 Å². The highest BCUT2D eigenvalue weighted by atomic mass is 16.6. The molecule has 8 heteroatoms. The van der Waals surface area contributed by atoms with Crippen molar-refractivity contribution in [3.63, 3.8) is 0 Å². The van der Waals surface area contributed by atoms with Crippen molar-refractivity contribution in [3.8, 4) is 11.4 Å². The summed E-state index contributed by atoms with van der Waals surface area (Å²) >= 11 is 0. The first-order valence-corrected chi connectivity index (χ1v) is 8.57. The Morgan fingerprint density at radius 2 is 1.89 bits per heavy atom. The van der Waals surface area contributed by atoms with Crippen molar-refractivity contribution in [2.24, 2.45) is 4.99 Å². The molecule has 1 N–H and O–H groups in total. The summed E-state index contributed by atoms with van der Waals surface area (Å²) in [5.41, 5.74) is 3.54. The van der Waals surface area contributed by atoms with Crippen LogP contribution in [0.3, 0.4) is 0 Å². The summed E-state index contributed by atoms with van der Waals surface area (Å²) in [6.07, 6.45) is 1.35. The number of H-pyrrole nitrogens is 1. The first-order chi connectivity index (χ1) is 13.3. The van der Waals surface area contributed by atoms with Gasteiger partial charge in [-0.05, 0) is 56.2 Å². The van der Waals surface area contributed by atoms with Crippen molar-refractivity contribution in [1.29, 1.82) is 0 Å². The van der Waals surface area contributed by atoms with Crippen LogP contribution in [0.1, 0.15) is 22.4 Å². The molecule has 1 heterocycles. The number of rotatable bonds is 5. The Labute approximate surface area is 161 Å². The van der Waals surface area contributed by atoms with E-state index in [0.29, 0.717) is 22.7 Å². The highest BCUT2D eigenvalue weighted by Gasteiger charge is 2.16. The molecule has 8 nitrogen and oxygen atoms in total. The predicted molar refractivity (Wildman–Crippen MR) is 108 cm³/mol. The van der Waals surface area contributed by atoms with Crippen molar-refractivity contribution in [1.82, 2.24) is 9.78 Å². The monoisotopic (exact) mass is 380 g/mol. The smallest absolute Gasteiger partial charge is 0.298 e. The Kier molecular flexibility index (Phi) is 5.12. The number of aliphatic imine (C=N–C) groups is 1. The summed E-state index contributed by atoms with van der Waals surface area (Å²) in [5, 5.41) is 14.3. The molecule has 3 aromatic rings. The average Bonchev–Trinajstić information content (AvgIpc) is 2.96. The average molecular weight is 380 g/mol. The van der Waals surface area contributed by atoms with E-state index in [2.05, 4.69) is 10.1 Å². The Morgan fingerprint density at radius 3 is 2.54 bits per heavy atom.